The Morgan fingerprint density at radius 2 is 2.05 bits per heavy atom. The number of nitro groups is 1. The maximum Gasteiger partial charge on any atom is 0.321 e. The van der Waals surface area contributed by atoms with Gasteiger partial charge in [0.1, 0.15) is 5.82 Å². The third-order valence-corrected chi connectivity index (χ3v) is 3.93. The van der Waals surface area contributed by atoms with Crippen LogP contribution in [0.2, 0.25) is 0 Å². The van der Waals surface area contributed by atoms with Crippen molar-refractivity contribution in [2.45, 2.75) is 11.8 Å². The summed E-state index contributed by atoms with van der Waals surface area (Å²) in [5.41, 5.74) is 0.563. The number of ether oxygens (including phenoxy) is 1. The lowest BCUT2D eigenvalue weighted by Gasteiger charge is -2.06. The molecule has 0 aliphatic heterocycles. The summed E-state index contributed by atoms with van der Waals surface area (Å²) >= 11 is 1.25. The molecule has 7 heteroatoms. The molecule has 114 valence electrons. The Labute approximate surface area is 130 Å². The van der Waals surface area contributed by atoms with Crippen molar-refractivity contribution in [2.75, 3.05) is 5.75 Å². The van der Waals surface area contributed by atoms with E-state index in [-0.39, 0.29) is 11.5 Å². The van der Waals surface area contributed by atoms with E-state index in [4.69, 9.17) is 4.74 Å². The topological polar surface area (TPSA) is 69.4 Å². The van der Waals surface area contributed by atoms with E-state index in [9.17, 15) is 19.3 Å². The number of hydrogen-bond donors (Lipinski definition) is 0. The highest BCUT2D eigenvalue weighted by Gasteiger charge is 2.19. The molecule has 0 aliphatic carbocycles. The summed E-state index contributed by atoms with van der Waals surface area (Å²) in [6.45, 7) is 1.91. The first-order valence-corrected chi connectivity index (χ1v) is 7.29. The Hall–Kier alpha value is -2.41. The molecule has 0 spiro atoms. The summed E-state index contributed by atoms with van der Waals surface area (Å²) in [4.78, 5) is 22.8. The summed E-state index contributed by atoms with van der Waals surface area (Å²) in [7, 11) is 0. The molecule has 0 unspecified atom stereocenters. The van der Waals surface area contributed by atoms with Crippen molar-refractivity contribution in [3.63, 3.8) is 0 Å². The van der Waals surface area contributed by atoms with Gasteiger partial charge in [-0.25, -0.2) is 4.39 Å². The summed E-state index contributed by atoms with van der Waals surface area (Å²) in [5, 5.41) is 10.8. The standard InChI is InChI=1S/C15H12FNO4S/c1-10-4-2-3-5-14(10)22-9-15(18)21-13-8-11(16)6-7-12(13)17(19)20/h2-8H,9H2,1H3. The Morgan fingerprint density at radius 1 is 1.32 bits per heavy atom. The SMILES string of the molecule is Cc1ccccc1SCC(=O)Oc1cc(F)ccc1[N+](=O)[O-]. The van der Waals surface area contributed by atoms with Crippen LogP contribution in [0.4, 0.5) is 10.1 Å². The molecule has 2 aromatic carbocycles. The lowest BCUT2D eigenvalue weighted by atomic mass is 10.2. The van der Waals surface area contributed by atoms with Gasteiger partial charge in [0.05, 0.1) is 10.7 Å². The molecule has 0 saturated heterocycles. The van der Waals surface area contributed by atoms with Gasteiger partial charge in [0.2, 0.25) is 5.75 Å². The molecule has 2 rings (SSSR count). The third-order valence-electron chi connectivity index (χ3n) is 2.78. The first-order valence-electron chi connectivity index (χ1n) is 6.30. The van der Waals surface area contributed by atoms with Crippen molar-refractivity contribution in [3.8, 4) is 5.75 Å². The molecule has 0 radical (unpaired) electrons. The van der Waals surface area contributed by atoms with E-state index in [0.29, 0.717) is 0 Å². The molecule has 0 atom stereocenters. The second kappa shape index (κ2) is 7.04. The van der Waals surface area contributed by atoms with Crippen LogP contribution in [0.15, 0.2) is 47.4 Å². The number of nitrogens with zero attached hydrogens (tertiary/aromatic N) is 1. The average Bonchev–Trinajstić information content (AvgIpc) is 2.46. The second-order valence-corrected chi connectivity index (χ2v) is 5.41. The second-order valence-electron chi connectivity index (χ2n) is 4.40. The predicted molar refractivity (Wildman–Crippen MR) is 80.6 cm³/mol. The number of aryl methyl sites for hydroxylation is 1. The number of rotatable bonds is 5. The van der Waals surface area contributed by atoms with Crippen LogP contribution in [0.25, 0.3) is 0 Å². The van der Waals surface area contributed by atoms with Crippen LogP contribution in [0, 0.1) is 22.9 Å². The van der Waals surface area contributed by atoms with E-state index in [1.807, 2.05) is 31.2 Å². The molecule has 0 heterocycles. The molecular weight excluding hydrogens is 309 g/mol. The van der Waals surface area contributed by atoms with E-state index < -0.39 is 22.4 Å². The van der Waals surface area contributed by atoms with Crippen molar-refractivity contribution < 1.29 is 18.8 Å². The molecule has 22 heavy (non-hydrogen) atoms. The highest BCUT2D eigenvalue weighted by atomic mass is 32.2. The van der Waals surface area contributed by atoms with Crippen molar-refractivity contribution in [1.29, 1.82) is 0 Å². The number of carbonyl (C=O) groups is 1. The van der Waals surface area contributed by atoms with Gasteiger partial charge in [-0.2, -0.15) is 0 Å². The van der Waals surface area contributed by atoms with Crippen molar-refractivity contribution in [2.24, 2.45) is 0 Å². The molecule has 0 amide bonds. The quantitative estimate of drug-likeness (QED) is 0.276. The normalized spacial score (nSPS) is 10.3. The van der Waals surface area contributed by atoms with Crippen molar-refractivity contribution in [1.82, 2.24) is 0 Å². The van der Waals surface area contributed by atoms with Crippen LogP contribution >= 0.6 is 11.8 Å². The van der Waals surface area contributed by atoms with E-state index in [0.717, 1.165) is 28.7 Å². The summed E-state index contributed by atoms with van der Waals surface area (Å²) < 4.78 is 18.1. The number of nitro benzene ring substituents is 1. The zero-order chi connectivity index (χ0) is 16.1. The van der Waals surface area contributed by atoms with Gasteiger partial charge in [0, 0.05) is 17.0 Å². The van der Waals surface area contributed by atoms with Gasteiger partial charge in [-0.3, -0.25) is 14.9 Å². The number of halogens is 1. The van der Waals surface area contributed by atoms with Crippen LogP contribution in [0.3, 0.4) is 0 Å². The Balaban J connectivity index is 2.05. The molecule has 2 aromatic rings. The maximum absolute atomic E-state index is 13.1. The number of hydrogen-bond acceptors (Lipinski definition) is 5. The maximum atomic E-state index is 13.1. The first kappa shape index (κ1) is 16.0. The molecule has 0 bridgehead atoms. The van der Waals surface area contributed by atoms with Gasteiger partial charge in [0.25, 0.3) is 0 Å². The number of carbonyl (C=O) groups excluding carboxylic acids is 1. The molecule has 0 aliphatic rings. The van der Waals surface area contributed by atoms with Gasteiger partial charge in [-0.05, 0) is 24.6 Å². The van der Waals surface area contributed by atoms with Crippen LogP contribution in [-0.2, 0) is 4.79 Å². The van der Waals surface area contributed by atoms with Crippen molar-refractivity contribution >= 4 is 23.4 Å². The fourth-order valence-electron chi connectivity index (χ4n) is 1.73. The zero-order valence-corrected chi connectivity index (χ0v) is 12.4. The molecule has 0 saturated carbocycles. The van der Waals surface area contributed by atoms with Gasteiger partial charge in [0.15, 0.2) is 0 Å². The Bertz CT molecular complexity index is 720. The molecular formula is C15H12FNO4S. The summed E-state index contributed by atoms with van der Waals surface area (Å²) in [6, 6.07) is 10.2. The number of esters is 1. The Morgan fingerprint density at radius 3 is 2.73 bits per heavy atom. The molecule has 0 N–H and O–H groups in total. The minimum Gasteiger partial charge on any atom is -0.418 e. The van der Waals surface area contributed by atoms with Gasteiger partial charge in [-0.1, -0.05) is 18.2 Å². The first-order chi connectivity index (χ1) is 10.5. The number of thioether (sulfide) groups is 1. The van der Waals surface area contributed by atoms with Gasteiger partial charge in [-0.15, -0.1) is 11.8 Å². The molecule has 0 fully saturated rings. The zero-order valence-electron chi connectivity index (χ0n) is 11.6. The average molecular weight is 321 g/mol. The summed E-state index contributed by atoms with van der Waals surface area (Å²) in [5.74, 6) is -1.80. The van der Waals surface area contributed by atoms with E-state index in [2.05, 4.69) is 0 Å². The lowest BCUT2D eigenvalue weighted by Crippen LogP contribution is -2.12. The van der Waals surface area contributed by atoms with E-state index >= 15 is 0 Å². The van der Waals surface area contributed by atoms with Crippen LogP contribution in [0.5, 0.6) is 5.75 Å². The minimum absolute atomic E-state index is 0.0292. The van der Waals surface area contributed by atoms with Crippen molar-refractivity contribution in [3.05, 3.63) is 64.0 Å². The third kappa shape index (κ3) is 4.05. The van der Waals surface area contributed by atoms with E-state index in [1.54, 1.807) is 0 Å². The fourth-order valence-corrected chi connectivity index (χ4v) is 2.53. The van der Waals surface area contributed by atoms with Crippen LogP contribution in [0.1, 0.15) is 5.56 Å². The predicted octanol–water partition coefficient (Wildman–Crippen LogP) is 3.74. The Kier molecular flexibility index (Phi) is 5.11. The summed E-state index contributed by atoms with van der Waals surface area (Å²) in [6.07, 6.45) is 0. The lowest BCUT2D eigenvalue weighted by molar-refractivity contribution is -0.385. The smallest absolute Gasteiger partial charge is 0.321 e. The van der Waals surface area contributed by atoms with E-state index in [1.165, 1.54) is 11.8 Å². The minimum atomic E-state index is -0.726. The molecule has 5 nitrogen and oxygen atoms in total. The highest BCUT2D eigenvalue weighted by Crippen LogP contribution is 2.28. The van der Waals surface area contributed by atoms with Crippen LogP contribution < -0.4 is 4.74 Å². The number of benzene rings is 2. The largest absolute Gasteiger partial charge is 0.418 e. The highest BCUT2D eigenvalue weighted by molar-refractivity contribution is 8.00. The van der Waals surface area contributed by atoms with Crippen LogP contribution in [-0.4, -0.2) is 16.6 Å². The fraction of sp³-hybridized carbons (Fsp3) is 0.133. The van der Waals surface area contributed by atoms with Gasteiger partial charge >= 0.3 is 11.7 Å². The molecule has 0 aromatic heterocycles. The monoisotopic (exact) mass is 321 g/mol. The van der Waals surface area contributed by atoms with Gasteiger partial charge < -0.3 is 4.74 Å².